The van der Waals surface area contributed by atoms with Gasteiger partial charge >= 0.3 is 0 Å². The van der Waals surface area contributed by atoms with Gasteiger partial charge in [0, 0.05) is 11.9 Å². The van der Waals surface area contributed by atoms with E-state index in [-0.39, 0.29) is 0 Å². The fourth-order valence-electron chi connectivity index (χ4n) is 2.78. The summed E-state index contributed by atoms with van der Waals surface area (Å²) in [6, 6.07) is 6.25. The van der Waals surface area contributed by atoms with Crippen LogP contribution in [-0.2, 0) is 6.42 Å². The van der Waals surface area contributed by atoms with E-state index in [1.165, 1.54) is 34.4 Å². The molecule has 1 nitrogen and oxygen atoms in total. The van der Waals surface area contributed by atoms with Gasteiger partial charge in [-0.15, -0.1) is 0 Å². The van der Waals surface area contributed by atoms with Crippen molar-refractivity contribution in [2.24, 2.45) is 11.8 Å². The summed E-state index contributed by atoms with van der Waals surface area (Å²) in [6.07, 6.45) is 4.42. The Morgan fingerprint density at radius 2 is 1.72 bits per heavy atom. The summed E-state index contributed by atoms with van der Waals surface area (Å²) in [4.78, 5) is 4.41. The Kier molecular flexibility index (Phi) is 7.63. The van der Waals surface area contributed by atoms with Crippen molar-refractivity contribution in [1.29, 1.82) is 0 Å². The van der Waals surface area contributed by atoms with E-state index in [9.17, 15) is 0 Å². The molecule has 0 aliphatic carbocycles. The minimum Gasteiger partial charge on any atom is -0.261 e. The number of pyridine rings is 1. The zero-order valence-corrected chi connectivity index (χ0v) is 13.7. The lowest BCUT2D eigenvalue weighted by molar-refractivity contribution is 0.682. The zero-order chi connectivity index (χ0) is 13.4. The molecule has 100 valence electrons. The van der Waals surface area contributed by atoms with Crippen molar-refractivity contribution in [3.05, 3.63) is 30.1 Å². The molecule has 0 N–H and O–H groups in total. The molecule has 0 spiro atoms. The lowest BCUT2D eigenvalue weighted by Gasteiger charge is -2.16. The molecule has 0 fully saturated rings. The lowest BCUT2D eigenvalue weighted by atomic mass is 10.2. The van der Waals surface area contributed by atoms with Crippen LogP contribution in [0.25, 0.3) is 0 Å². The molecule has 0 radical (unpaired) electrons. The highest BCUT2D eigenvalue weighted by Gasteiger charge is 2.19. The molecule has 2 heteroatoms. The van der Waals surface area contributed by atoms with E-state index in [1.54, 1.807) is 0 Å². The van der Waals surface area contributed by atoms with Crippen molar-refractivity contribution in [2.75, 3.05) is 0 Å². The molecule has 1 rings (SSSR count). The van der Waals surface area contributed by atoms with Gasteiger partial charge < -0.3 is 0 Å². The number of aryl methyl sites for hydroxylation is 1. The quantitative estimate of drug-likeness (QED) is 0.611. The first kappa shape index (κ1) is 15.7. The van der Waals surface area contributed by atoms with Gasteiger partial charge in [-0.1, -0.05) is 67.9 Å². The molecule has 0 amide bonds. The molecule has 1 aromatic heterocycles. The van der Waals surface area contributed by atoms with E-state index in [2.05, 4.69) is 44.8 Å². The maximum absolute atomic E-state index is 4.41. The highest BCUT2D eigenvalue weighted by Crippen LogP contribution is 2.19. The highest BCUT2D eigenvalue weighted by molar-refractivity contribution is 6.58. The van der Waals surface area contributed by atoms with Crippen LogP contribution in [0.4, 0.5) is 0 Å². The van der Waals surface area contributed by atoms with Gasteiger partial charge in [-0.25, -0.2) is 0 Å². The molecule has 1 heterocycles. The van der Waals surface area contributed by atoms with Crippen LogP contribution in [0.5, 0.6) is 0 Å². The first-order chi connectivity index (χ1) is 8.58. The molecule has 0 atom stereocenters. The van der Waals surface area contributed by atoms with Crippen LogP contribution in [0.1, 0.15) is 39.8 Å². The Morgan fingerprint density at radius 1 is 1.06 bits per heavy atom. The number of hydrogen-bond donors (Lipinski definition) is 0. The van der Waals surface area contributed by atoms with Crippen LogP contribution in [0.3, 0.4) is 0 Å². The molecule has 0 aliphatic rings. The smallest absolute Gasteiger partial charge is 0.261 e. The van der Waals surface area contributed by atoms with Crippen molar-refractivity contribution in [3.63, 3.8) is 0 Å². The van der Waals surface area contributed by atoms with Crippen LogP contribution in [-0.4, -0.2) is 19.1 Å². The van der Waals surface area contributed by atoms with Crippen molar-refractivity contribution < 1.29 is 0 Å². The second kappa shape index (κ2) is 8.73. The second-order valence-electron chi connectivity index (χ2n) is 6.34. The van der Waals surface area contributed by atoms with Gasteiger partial charge in [0.15, 0.2) is 0 Å². The van der Waals surface area contributed by atoms with Gasteiger partial charge in [-0.05, 0) is 18.6 Å². The predicted octanol–water partition coefficient (Wildman–Crippen LogP) is 4.82. The fraction of sp³-hybridized carbons (Fsp3) is 0.688. The van der Waals surface area contributed by atoms with Gasteiger partial charge in [0.05, 0.1) is 0 Å². The number of hydrogen-bond acceptors (Lipinski definition) is 1. The summed E-state index contributed by atoms with van der Waals surface area (Å²) in [7, 11) is 0. The van der Waals surface area contributed by atoms with Crippen molar-refractivity contribution in [3.8, 4) is 0 Å². The van der Waals surface area contributed by atoms with Crippen molar-refractivity contribution in [1.82, 2.24) is 4.98 Å². The first-order valence-electron chi connectivity index (χ1n) is 7.47. The molecule has 0 saturated carbocycles. The van der Waals surface area contributed by atoms with Gasteiger partial charge in [-0.3, -0.25) is 4.98 Å². The first-order valence-corrected chi connectivity index (χ1v) is 9.92. The minimum absolute atomic E-state index is 0.519. The monoisotopic (exact) mass is 261 g/mol. The van der Waals surface area contributed by atoms with Gasteiger partial charge in [0.1, 0.15) is 0 Å². The SMILES string of the molecule is CC(C)[CH2][Al]([CH2]CCc1ccccn1)[CH2]C(C)C. The summed E-state index contributed by atoms with van der Waals surface area (Å²) in [5, 5.41) is 4.52. The van der Waals surface area contributed by atoms with Crippen molar-refractivity contribution >= 4 is 14.1 Å². The van der Waals surface area contributed by atoms with Crippen LogP contribution in [0.15, 0.2) is 24.4 Å². The molecule has 0 aliphatic heterocycles. The second-order valence-corrected chi connectivity index (χ2v) is 9.59. The van der Waals surface area contributed by atoms with E-state index in [4.69, 9.17) is 0 Å². The third kappa shape index (κ3) is 7.19. The summed E-state index contributed by atoms with van der Waals surface area (Å²) >= 11 is -0.519. The Hall–Kier alpha value is -0.318. The normalized spacial score (nSPS) is 11.2. The number of rotatable bonds is 8. The third-order valence-corrected chi connectivity index (χ3v) is 7.82. The topological polar surface area (TPSA) is 12.9 Å². The minimum atomic E-state index is -0.519. The van der Waals surface area contributed by atoms with Gasteiger partial charge in [0.2, 0.25) is 0 Å². The van der Waals surface area contributed by atoms with E-state index < -0.39 is 14.1 Å². The molecule has 1 aromatic rings. The Labute approximate surface area is 117 Å². The average Bonchev–Trinajstić information content (AvgIpc) is 2.28. The molecule has 0 unspecified atom stereocenters. The maximum atomic E-state index is 4.41. The summed E-state index contributed by atoms with van der Waals surface area (Å²) in [5.74, 6) is 1.77. The van der Waals surface area contributed by atoms with Crippen molar-refractivity contribution in [2.45, 2.75) is 56.4 Å². The Balaban J connectivity index is 2.32. The molecule has 18 heavy (non-hydrogen) atoms. The Bertz CT molecular complexity index is 298. The standard InChI is InChI=1S/C8H10N.2C4H9.Al/c1-2-5-8-6-3-4-7-9-8;2*1-4(2)3;/h3-4,6-7H,1-2,5H2;2*4H,1H2,2-3H3;. The maximum Gasteiger partial charge on any atom is 0.262 e. The average molecular weight is 261 g/mol. The molecule has 0 bridgehead atoms. The summed E-state index contributed by atoms with van der Waals surface area (Å²) in [6.45, 7) is 9.50. The van der Waals surface area contributed by atoms with Gasteiger partial charge in [-0.2, -0.15) is 0 Å². The Morgan fingerprint density at radius 3 is 2.22 bits per heavy atom. The molecule has 0 aromatic carbocycles. The van der Waals surface area contributed by atoms with Crippen LogP contribution in [0.2, 0.25) is 15.8 Å². The van der Waals surface area contributed by atoms with E-state index in [1.807, 2.05) is 12.3 Å². The predicted molar refractivity (Wildman–Crippen MR) is 82.4 cm³/mol. The summed E-state index contributed by atoms with van der Waals surface area (Å²) < 4.78 is 0. The lowest BCUT2D eigenvalue weighted by Crippen LogP contribution is -2.17. The highest BCUT2D eigenvalue weighted by atomic mass is 27.2. The van der Waals surface area contributed by atoms with E-state index in [0.29, 0.717) is 0 Å². The number of aromatic nitrogens is 1. The van der Waals surface area contributed by atoms with E-state index in [0.717, 1.165) is 11.8 Å². The van der Waals surface area contributed by atoms with Crippen LogP contribution < -0.4 is 0 Å². The zero-order valence-electron chi connectivity index (χ0n) is 12.5. The van der Waals surface area contributed by atoms with Gasteiger partial charge in [0.25, 0.3) is 14.1 Å². The number of nitrogens with zero attached hydrogens (tertiary/aromatic N) is 1. The van der Waals surface area contributed by atoms with E-state index >= 15 is 0 Å². The third-order valence-electron chi connectivity index (χ3n) is 3.38. The van der Waals surface area contributed by atoms with Crippen LogP contribution >= 0.6 is 0 Å². The fourth-order valence-corrected chi connectivity index (χ4v) is 6.90. The summed E-state index contributed by atoms with van der Waals surface area (Å²) in [5.41, 5.74) is 1.26. The largest absolute Gasteiger partial charge is 0.262 e. The molecule has 0 saturated heterocycles. The molecular formula is C16H28AlN. The van der Waals surface area contributed by atoms with Crippen LogP contribution in [0, 0.1) is 11.8 Å². The molecular weight excluding hydrogens is 233 g/mol.